The van der Waals surface area contributed by atoms with Gasteiger partial charge in [0.15, 0.2) is 0 Å². The zero-order chi connectivity index (χ0) is 22.5. The van der Waals surface area contributed by atoms with Crippen LogP contribution in [0.4, 0.5) is 10.1 Å². The molecule has 1 aliphatic heterocycles. The van der Waals surface area contributed by atoms with Crippen molar-refractivity contribution in [1.29, 1.82) is 0 Å². The van der Waals surface area contributed by atoms with Gasteiger partial charge in [0.25, 0.3) is 5.91 Å². The fraction of sp³-hybridized carbons (Fsp3) is 0.280. The number of halogens is 1. The standard InChI is InChI=1S/C25H25FN2O3S/c1-31-22-10-8-21(9-11-22)28(17-23-3-2-16-32-23)25(30)19-12-14-27(15-13-19)24(29)18-4-6-20(26)7-5-18/h2-11,16,19H,12-15,17H2,1H3. The van der Waals surface area contributed by atoms with Gasteiger partial charge in [-0.15, -0.1) is 11.3 Å². The van der Waals surface area contributed by atoms with Crippen molar-refractivity contribution in [2.45, 2.75) is 19.4 Å². The average molecular weight is 453 g/mol. The van der Waals surface area contributed by atoms with E-state index in [1.54, 1.807) is 23.3 Å². The molecule has 4 rings (SSSR count). The van der Waals surface area contributed by atoms with Crippen molar-refractivity contribution in [2.24, 2.45) is 5.92 Å². The van der Waals surface area contributed by atoms with E-state index in [-0.39, 0.29) is 23.5 Å². The quantitative estimate of drug-likeness (QED) is 0.530. The van der Waals surface area contributed by atoms with Crippen LogP contribution < -0.4 is 9.64 Å². The number of thiophene rings is 1. The van der Waals surface area contributed by atoms with Crippen LogP contribution in [0.25, 0.3) is 0 Å². The Morgan fingerprint density at radius 1 is 1.06 bits per heavy atom. The molecule has 0 spiro atoms. The molecule has 0 atom stereocenters. The molecule has 0 bridgehead atoms. The number of rotatable bonds is 6. The van der Waals surface area contributed by atoms with Crippen molar-refractivity contribution in [3.63, 3.8) is 0 Å². The largest absolute Gasteiger partial charge is 0.497 e. The van der Waals surface area contributed by atoms with E-state index in [1.807, 2.05) is 46.7 Å². The maximum absolute atomic E-state index is 13.5. The van der Waals surface area contributed by atoms with Crippen LogP contribution in [-0.4, -0.2) is 36.9 Å². The van der Waals surface area contributed by atoms with Crippen LogP contribution in [0.5, 0.6) is 5.75 Å². The number of methoxy groups -OCH3 is 1. The summed E-state index contributed by atoms with van der Waals surface area (Å²) in [7, 11) is 1.62. The first-order chi connectivity index (χ1) is 15.5. The summed E-state index contributed by atoms with van der Waals surface area (Å²) in [6.07, 6.45) is 1.20. The number of piperidine rings is 1. The fourth-order valence-electron chi connectivity index (χ4n) is 3.94. The first-order valence-corrected chi connectivity index (χ1v) is 11.5. The molecule has 0 aliphatic carbocycles. The predicted molar refractivity (Wildman–Crippen MR) is 124 cm³/mol. The minimum Gasteiger partial charge on any atom is -0.497 e. The molecule has 1 aliphatic rings. The average Bonchev–Trinajstić information content (AvgIpc) is 3.36. The molecule has 0 unspecified atom stereocenters. The van der Waals surface area contributed by atoms with E-state index < -0.39 is 0 Å². The van der Waals surface area contributed by atoms with Gasteiger partial charge >= 0.3 is 0 Å². The molecule has 2 amide bonds. The third kappa shape index (κ3) is 4.99. The van der Waals surface area contributed by atoms with Gasteiger partial charge in [-0.2, -0.15) is 0 Å². The molecule has 7 heteroatoms. The molecule has 32 heavy (non-hydrogen) atoms. The third-order valence-corrected chi connectivity index (χ3v) is 6.63. The molecule has 5 nitrogen and oxygen atoms in total. The van der Waals surface area contributed by atoms with Gasteiger partial charge in [-0.05, 0) is 72.8 Å². The smallest absolute Gasteiger partial charge is 0.253 e. The Morgan fingerprint density at radius 3 is 2.34 bits per heavy atom. The first kappa shape index (κ1) is 22.0. The molecule has 1 saturated heterocycles. The van der Waals surface area contributed by atoms with Gasteiger partial charge in [0.1, 0.15) is 11.6 Å². The van der Waals surface area contributed by atoms with Gasteiger partial charge in [0.2, 0.25) is 5.91 Å². The van der Waals surface area contributed by atoms with Crippen LogP contribution in [0.2, 0.25) is 0 Å². The molecule has 3 aromatic rings. The number of hydrogen-bond donors (Lipinski definition) is 0. The van der Waals surface area contributed by atoms with Gasteiger partial charge in [0, 0.05) is 35.1 Å². The number of anilines is 1. The number of benzene rings is 2. The molecule has 2 aromatic carbocycles. The van der Waals surface area contributed by atoms with Crippen LogP contribution in [0.1, 0.15) is 28.1 Å². The zero-order valence-corrected chi connectivity index (χ0v) is 18.7. The van der Waals surface area contributed by atoms with E-state index >= 15 is 0 Å². The molecule has 1 fully saturated rings. The highest BCUT2D eigenvalue weighted by atomic mass is 32.1. The molecular formula is C25H25FN2O3S. The van der Waals surface area contributed by atoms with Crippen molar-refractivity contribution in [2.75, 3.05) is 25.1 Å². The van der Waals surface area contributed by atoms with Crippen LogP contribution in [0.15, 0.2) is 66.0 Å². The summed E-state index contributed by atoms with van der Waals surface area (Å²) in [5.74, 6) is 0.161. The second-order valence-corrected chi connectivity index (χ2v) is 8.81. The Hall–Kier alpha value is -3.19. The van der Waals surface area contributed by atoms with Crippen molar-refractivity contribution in [3.05, 3.63) is 82.3 Å². The maximum atomic E-state index is 13.5. The first-order valence-electron chi connectivity index (χ1n) is 10.6. The Labute approximate surface area is 191 Å². The maximum Gasteiger partial charge on any atom is 0.253 e. The highest BCUT2D eigenvalue weighted by Gasteiger charge is 2.31. The molecule has 166 valence electrons. The Balaban J connectivity index is 1.45. The Kier molecular flexibility index (Phi) is 6.85. The normalized spacial score (nSPS) is 14.2. The van der Waals surface area contributed by atoms with Gasteiger partial charge in [-0.3, -0.25) is 9.59 Å². The van der Waals surface area contributed by atoms with Gasteiger partial charge in [-0.25, -0.2) is 4.39 Å². The van der Waals surface area contributed by atoms with E-state index in [2.05, 4.69) is 0 Å². The lowest BCUT2D eigenvalue weighted by atomic mass is 9.94. The summed E-state index contributed by atoms with van der Waals surface area (Å²) in [6.45, 7) is 1.52. The van der Waals surface area contributed by atoms with Crippen molar-refractivity contribution >= 4 is 28.8 Å². The number of ether oxygens (including phenoxy) is 1. The molecule has 2 heterocycles. The number of nitrogens with zero attached hydrogens (tertiary/aromatic N) is 2. The van der Waals surface area contributed by atoms with Crippen LogP contribution in [-0.2, 0) is 11.3 Å². The second-order valence-electron chi connectivity index (χ2n) is 7.78. The summed E-state index contributed by atoms with van der Waals surface area (Å²) in [4.78, 5) is 30.9. The van der Waals surface area contributed by atoms with E-state index in [1.165, 1.54) is 24.3 Å². The minimum atomic E-state index is -0.366. The van der Waals surface area contributed by atoms with E-state index in [0.29, 0.717) is 38.0 Å². The molecule has 0 N–H and O–H groups in total. The fourth-order valence-corrected chi connectivity index (χ4v) is 4.63. The number of likely N-dealkylation sites (tertiary alicyclic amines) is 1. The van der Waals surface area contributed by atoms with Crippen molar-refractivity contribution in [3.8, 4) is 5.75 Å². The second kappa shape index (κ2) is 9.96. The summed E-state index contributed by atoms with van der Waals surface area (Å²) >= 11 is 1.62. The molecule has 0 saturated carbocycles. The molecule has 0 radical (unpaired) electrons. The van der Waals surface area contributed by atoms with Gasteiger partial charge < -0.3 is 14.5 Å². The van der Waals surface area contributed by atoms with Gasteiger partial charge in [-0.1, -0.05) is 6.07 Å². The number of amides is 2. The summed E-state index contributed by atoms with van der Waals surface area (Å²) in [5.41, 5.74) is 1.29. The lowest BCUT2D eigenvalue weighted by Gasteiger charge is -2.34. The SMILES string of the molecule is COc1ccc(N(Cc2cccs2)C(=O)C2CCN(C(=O)c3ccc(F)cc3)CC2)cc1. The lowest BCUT2D eigenvalue weighted by molar-refractivity contribution is -0.123. The Morgan fingerprint density at radius 2 is 1.75 bits per heavy atom. The topological polar surface area (TPSA) is 49.9 Å². The van der Waals surface area contributed by atoms with E-state index in [4.69, 9.17) is 4.74 Å². The minimum absolute atomic E-state index is 0.0671. The lowest BCUT2D eigenvalue weighted by Crippen LogP contribution is -2.44. The number of carbonyl (C=O) groups is 2. The Bertz CT molecular complexity index is 1040. The summed E-state index contributed by atoms with van der Waals surface area (Å²) < 4.78 is 18.4. The van der Waals surface area contributed by atoms with E-state index in [9.17, 15) is 14.0 Å². The predicted octanol–water partition coefficient (Wildman–Crippen LogP) is 4.98. The highest BCUT2D eigenvalue weighted by molar-refractivity contribution is 7.09. The third-order valence-electron chi connectivity index (χ3n) is 5.77. The van der Waals surface area contributed by atoms with Crippen molar-refractivity contribution < 1.29 is 18.7 Å². The van der Waals surface area contributed by atoms with Crippen LogP contribution >= 0.6 is 11.3 Å². The summed E-state index contributed by atoms with van der Waals surface area (Å²) in [5, 5.41) is 2.01. The number of carbonyl (C=O) groups excluding carboxylic acids is 2. The van der Waals surface area contributed by atoms with E-state index in [0.717, 1.165) is 16.3 Å². The van der Waals surface area contributed by atoms with Crippen molar-refractivity contribution in [1.82, 2.24) is 4.90 Å². The molecule has 1 aromatic heterocycles. The number of hydrogen-bond acceptors (Lipinski definition) is 4. The highest BCUT2D eigenvalue weighted by Crippen LogP contribution is 2.28. The monoisotopic (exact) mass is 452 g/mol. The van der Waals surface area contributed by atoms with Gasteiger partial charge in [0.05, 0.1) is 13.7 Å². The van der Waals surface area contributed by atoms with Crippen LogP contribution in [0, 0.1) is 11.7 Å². The zero-order valence-electron chi connectivity index (χ0n) is 17.9. The molecular weight excluding hydrogens is 427 g/mol. The summed E-state index contributed by atoms with van der Waals surface area (Å²) in [6, 6.07) is 17.1. The van der Waals surface area contributed by atoms with Crippen LogP contribution in [0.3, 0.4) is 0 Å².